The third-order valence-electron chi connectivity index (χ3n) is 4.02. The molecule has 1 aliphatic rings. The van der Waals surface area contributed by atoms with Crippen molar-refractivity contribution in [2.24, 2.45) is 5.41 Å². The van der Waals surface area contributed by atoms with Crippen LogP contribution in [0.15, 0.2) is 12.1 Å². The number of hydrogen-bond donors (Lipinski definition) is 2. The first-order chi connectivity index (χ1) is 9.82. The van der Waals surface area contributed by atoms with Crippen LogP contribution in [-0.2, 0) is 0 Å². The molecule has 1 aliphatic carbocycles. The number of nitrogens with one attached hydrogen (secondary N) is 1. The number of aromatic carboxylic acids is 1. The Morgan fingerprint density at radius 3 is 2.24 bits per heavy atom. The van der Waals surface area contributed by atoms with E-state index in [1.54, 1.807) is 0 Å². The number of hydrogen-bond acceptors (Lipinski definition) is 2. The summed E-state index contributed by atoms with van der Waals surface area (Å²) in [6, 6.07) is 1.16. The lowest BCUT2D eigenvalue weighted by Gasteiger charge is -2.23. The molecule has 0 atom stereocenters. The van der Waals surface area contributed by atoms with Gasteiger partial charge in [0.05, 0.1) is 11.1 Å². The Morgan fingerprint density at radius 2 is 1.71 bits per heavy atom. The van der Waals surface area contributed by atoms with E-state index in [-0.39, 0.29) is 11.0 Å². The minimum Gasteiger partial charge on any atom is -0.478 e. The normalized spacial score (nSPS) is 16.7. The molecule has 1 amide bonds. The van der Waals surface area contributed by atoms with Crippen molar-refractivity contribution in [3.63, 3.8) is 0 Å². The van der Waals surface area contributed by atoms with E-state index in [9.17, 15) is 18.4 Å². The molecule has 0 radical (unpaired) electrons. The highest BCUT2D eigenvalue weighted by atomic mass is 19.2. The molecule has 0 aromatic heterocycles. The number of carbonyl (C=O) groups is 2. The van der Waals surface area contributed by atoms with Gasteiger partial charge in [-0.05, 0) is 30.4 Å². The lowest BCUT2D eigenvalue weighted by molar-refractivity contribution is 0.0690. The van der Waals surface area contributed by atoms with Crippen LogP contribution < -0.4 is 5.32 Å². The second-order valence-corrected chi connectivity index (χ2v) is 5.82. The molecule has 0 aliphatic heterocycles. The van der Waals surface area contributed by atoms with Crippen LogP contribution in [0.5, 0.6) is 0 Å². The molecule has 1 aromatic rings. The topological polar surface area (TPSA) is 66.4 Å². The fourth-order valence-electron chi connectivity index (χ4n) is 2.71. The maximum Gasteiger partial charge on any atom is 0.336 e. The van der Waals surface area contributed by atoms with Crippen LogP contribution in [0.2, 0.25) is 0 Å². The van der Waals surface area contributed by atoms with Gasteiger partial charge in [-0.3, -0.25) is 4.79 Å². The lowest BCUT2D eigenvalue weighted by atomic mass is 9.89. The molecule has 2 N–H and O–H groups in total. The zero-order valence-corrected chi connectivity index (χ0v) is 11.7. The first kappa shape index (κ1) is 15.4. The molecular formula is C15H17F2NO3. The summed E-state index contributed by atoms with van der Waals surface area (Å²) in [6.07, 6.45) is 4.16. The van der Waals surface area contributed by atoms with Crippen molar-refractivity contribution in [1.82, 2.24) is 5.32 Å². The van der Waals surface area contributed by atoms with Gasteiger partial charge in [-0.15, -0.1) is 0 Å². The molecule has 4 nitrogen and oxygen atoms in total. The Morgan fingerprint density at radius 1 is 1.19 bits per heavy atom. The highest BCUT2D eigenvalue weighted by molar-refractivity contribution is 6.04. The second kappa shape index (κ2) is 5.79. The predicted octanol–water partition coefficient (Wildman–Crippen LogP) is 2.97. The Bertz CT molecular complexity index is 581. The van der Waals surface area contributed by atoms with Gasteiger partial charge in [0.2, 0.25) is 0 Å². The molecule has 0 unspecified atom stereocenters. The van der Waals surface area contributed by atoms with E-state index in [0.29, 0.717) is 18.7 Å². The van der Waals surface area contributed by atoms with Crippen LogP contribution >= 0.6 is 0 Å². The van der Waals surface area contributed by atoms with Crippen molar-refractivity contribution in [1.29, 1.82) is 0 Å². The Labute approximate surface area is 121 Å². The minimum atomic E-state index is -1.47. The number of amides is 1. The van der Waals surface area contributed by atoms with Crippen LogP contribution in [0, 0.1) is 17.0 Å². The third kappa shape index (κ3) is 3.37. The van der Waals surface area contributed by atoms with Gasteiger partial charge in [-0.1, -0.05) is 19.8 Å². The summed E-state index contributed by atoms with van der Waals surface area (Å²) in [5, 5.41) is 11.6. The summed E-state index contributed by atoms with van der Waals surface area (Å²) in [4.78, 5) is 23.1. The molecule has 1 fully saturated rings. The maximum atomic E-state index is 13.3. The molecule has 0 saturated heterocycles. The van der Waals surface area contributed by atoms with Gasteiger partial charge in [-0.2, -0.15) is 0 Å². The first-order valence-electron chi connectivity index (χ1n) is 6.83. The second-order valence-electron chi connectivity index (χ2n) is 5.82. The van der Waals surface area contributed by atoms with E-state index in [1.807, 2.05) is 6.92 Å². The quantitative estimate of drug-likeness (QED) is 0.898. The van der Waals surface area contributed by atoms with E-state index >= 15 is 0 Å². The van der Waals surface area contributed by atoms with Gasteiger partial charge in [0, 0.05) is 6.54 Å². The van der Waals surface area contributed by atoms with Gasteiger partial charge < -0.3 is 10.4 Å². The van der Waals surface area contributed by atoms with E-state index in [1.165, 1.54) is 0 Å². The lowest BCUT2D eigenvalue weighted by Crippen LogP contribution is -2.35. The van der Waals surface area contributed by atoms with Gasteiger partial charge in [0.25, 0.3) is 5.91 Å². The van der Waals surface area contributed by atoms with Crippen LogP contribution in [-0.4, -0.2) is 23.5 Å². The number of carboxylic acid groups (broad SMARTS) is 1. The van der Waals surface area contributed by atoms with Gasteiger partial charge in [0.1, 0.15) is 0 Å². The highest BCUT2D eigenvalue weighted by Gasteiger charge is 2.29. The van der Waals surface area contributed by atoms with Gasteiger partial charge >= 0.3 is 5.97 Å². The van der Waals surface area contributed by atoms with Crippen molar-refractivity contribution < 1.29 is 23.5 Å². The molecule has 21 heavy (non-hydrogen) atoms. The van der Waals surface area contributed by atoms with Crippen molar-refractivity contribution in [3.05, 3.63) is 34.9 Å². The van der Waals surface area contributed by atoms with Crippen LogP contribution in [0.3, 0.4) is 0 Å². The minimum absolute atomic E-state index is 0.0162. The summed E-state index contributed by atoms with van der Waals surface area (Å²) in [6.45, 7) is 2.44. The molecule has 1 saturated carbocycles. The van der Waals surface area contributed by atoms with Crippen LogP contribution in [0.25, 0.3) is 0 Å². The standard InChI is InChI=1S/C15H17F2NO3/c1-15(4-2-3-5-15)8-18-13(19)9-6-11(16)12(17)7-10(9)14(20)21/h6-7H,2-5,8H2,1H3,(H,18,19)(H,20,21). The van der Waals surface area contributed by atoms with E-state index in [0.717, 1.165) is 25.7 Å². The molecular weight excluding hydrogens is 280 g/mol. The predicted molar refractivity (Wildman–Crippen MR) is 72.2 cm³/mol. The Kier molecular flexibility index (Phi) is 4.25. The molecule has 1 aromatic carbocycles. The summed E-state index contributed by atoms with van der Waals surface area (Å²) < 4.78 is 26.4. The summed E-state index contributed by atoms with van der Waals surface area (Å²) in [5.41, 5.74) is -0.913. The number of carboxylic acids is 1. The molecule has 0 bridgehead atoms. The fourth-order valence-corrected chi connectivity index (χ4v) is 2.71. The zero-order chi connectivity index (χ0) is 15.6. The monoisotopic (exact) mass is 297 g/mol. The maximum absolute atomic E-state index is 13.3. The molecule has 0 spiro atoms. The number of carbonyl (C=O) groups excluding carboxylic acids is 1. The third-order valence-corrected chi connectivity index (χ3v) is 4.02. The zero-order valence-electron chi connectivity index (χ0n) is 11.7. The van der Waals surface area contributed by atoms with E-state index in [2.05, 4.69) is 5.32 Å². The molecule has 114 valence electrons. The number of rotatable bonds is 4. The SMILES string of the molecule is CC1(CNC(=O)c2cc(F)c(F)cc2C(=O)O)CCCC1. The summed E-state index contributed by atoms with van der Waals surface area (Å²) in [7, 11) is 0. The van der Waals surface area contributed by atoms with E-state index in [4.69, 9.17) is 5.11 Å². The van der Waals surface area contributed by atoms with Crippen molar-refractivity contribution >= 4 is 11.9 Å². The van der Waals surface area contributed by atoms with E-state index < -0.39 is 29.1 Å². The largest absolute Gasteiger partial charge is 0.478 e. The van der Waals surface area contributed by atoms with Crippen molar-refractivity contribution in [2.45, 2.75) is 32.6 Å². The van der Waals surface area contributed by atoms with Crippen molar-refractivity contribution in [3.8, 4) is 0 Å². The smallest absolute Gasteiger partial charge is 0.336 e. The summed E-state index contributed by atoms with van der Waals surface area (Å²) in [5.74, 6) is -4.69. The molecule has 0 heterocycles. The van der Waals surface area contributed by atoms with Gasteiger partial charge in [-0.25, -0.2) is 13.6 Å². The first-order valence-corrected chi connectivity index (χ1v) is 6.83. The van der Waals surface area contributed by atoms with Crippen molar-refractivity contribution in [2.75, 3.05) is 6.54 Å². The van der Waals surface area contributed by atoms with Crippen LogP contribution in [0.4, 0.5) is 8.78 Å². The molecule has 2 rings (SSSR count). The van der Waals surface area contributed by atoms with Crippen LogP contribution in [0.1, 0.15) is 53.3 Å². The average Bonchev–Trinajstić information content (AvgIpc) is 2.86. The fraction of sp³-hybridized carbons (Fsp3) is 0.467. The number of halogens is 2. The Hall–Kier alpha value is -1.98. The molecule has 6 heteroatoms. The average molecular weight is 297 g/mol. The Balaban J connectivity index is 2.18. The number of benzene rings is 1. The highest BCUT2D eigenvalue weighted by Crippen LogP contribution is 2.36. The van der Waals surface area contributed by atoms with Gasteiger partial charge in [0.15, 0.2) is 11.6 Å². The summed E-state index contributed by atoms with van der Waals surface area (Å²) >= 11 is 0.